The fourth-order valence-corrected chi connectivity index (χ4v) is 3.08. The van der Waals surface area contributed by atoms with Gasteiger partial charge in [0.1, 0.15) is 0 Å². The van der Waals surface area contributed by atoms with Crippen molar-refractivity contribution in [1.82, 2.24) is 10.2 Å². The molecule has 2 saturated heterocycles. The van der Waals surface area contributed by atoms with Crippen molar-refractivity contribution in [3.05, 3.63) is 0 Å². The van der Waals surface area contributed by atoms with Gasteiger partial charge in [-0.15, -0.1) is 0 Å². The standard InChI is InChI=1S/C11H18N2O2/c14-11(12-9-3-4-15-7-9)13-6-8-1-2-10(13)5-8/h8-10H,1-7H2,(H,12,14). The lowest BCUT2D eigenvalue weighted by atomic mass is 10.1. The number of fused-ring (bicyclic) bond motifs is 2. The van der Waals surface area contributed by atoms with Crippen LogP contribution in [0, 0.1) is 5.92 Å². The maximum absolute atomic E-state index is 12.0. The third-order valence-electron chi connectivity index (χ3n) is 3.93. The fourth-order valence-electron chi connectivity index (χ4n) is 3.08. The summed E-state index contributed by atoms with van der Waals surface area (Å²) in [7, 11) is 0. The SMILES string of the molecule is O=C(NC1CCOC1)N1CC2CCC1C2. The zero-order chi connectivity index (χ0) is 10.3. The molecule has 4 heteroatoms. The molecule has 84 valence electrons. The molecular weight excluding hydrogens is 192 g/mol. The lowest BCUT2D eigenvalue weighted by Crippen LogP contribution is -2.48. The zero-order valence-corrected chi connectivity index (χ0v) is 8.95. The van der Waals surface area contributed by atoms with Crippen LogP contribution in [-0.4, -0.2) is 42.8 Å². The molecule has 0 aromatic heterocycles. The molecular formula is C11H18N2O2. The first-order valence-corrected chi connectivity index (χ1v) is 5.98. The summed E-state index contributed by atoms with van der Waals surface area (Å²) < 4.78 is 5.25. The van der Waals surface area contributed by atoms with Crippen LogP contribution in [0.25, 0.3) is 0 Å². The van der Waals surface area contributed by atoms with Gasteiger partial charge in [-0.05, 0) is 31.6 Å². The molecule has 1 saturated carbocycles. The molecule has 3 aliphatic rings. The van der Waals surface area contributed by atoms with E-state index in [1.165, 1.54) is 19.3 Å². The highest BCUT2D eigenvalue weighted by Gasteiger charge is 2.40. The van der Waals surface area contributed by atoms with Gasteiger partial charge in [0, 0.05) is 19.2 Å². The van der Waals surface area contributed by atoms with Crippen LogP contribution in [0.3, 0.4) is 0 Å². The molecule has 3 rings (SSSR count). The van der Waals surface area contributed by atoms with Gasteiger partial charge < -0.3 is 15.0 Å². The highest BCUT2D eigenvalue weighted by molar-refractivity contribution is 5.75. The van der Waals surface area contributed by atoms with Crippen molar-refractivity contribution in [1.29, 1.82) is 0 Å². The molecule has 0 aromatic carbocycles. The number of hydrogen-bond acceptors (Lipinski definition) is 2. The van der Waals surface area contributed by atoms with Crippen molar-refractivity contribution < 1.29 is 9.53 Å². The summed E-state index contributed by atoms with van der Waals surface area (Å²) in [6.45, 7) is 2.45. The van der Waals surface area contributed by atoms with Crippen LogP contribution in [0.1, 0.15) is 25.7 Å². The Labute approximate surface area is 90.0 Å². The smallest absolute Gasteiger partial charge is 0.317 e. The van der Waals surface area contributed by atoms with Gasteiger partial charge in [-0.25, -0.2) is 4.79 Å². The number of nitrogens with zero attached hydrogens (tertiary/aromatic N) is 1. The Morgan fingerprint density at radius 1 is 1.33 bits per heavy atom. The molecule has 3 fully saturated rings. The molecule has 2 heterocycles. The quantitative estimate of drug-likeness (QED) is 0.700. The zero-order valence-electron chi connectivity index (χ0n) is 8.95. The number of amides is 2. The monoisotopic (exact) mass is 210 g/mol. The molecule has 1 N–H and O–H groups in total. The highest BCUT2D eigenvalue weighted by Crippen LogP contribution is 2.37. The number of hydrogen-bond donors (Lipinski definition) is 1. The molecule has 4 nitrogen and oxygen atoms in total. The number of piperidine rings is 1. The number of rotatable bonds is 1. The Morgan fingerprint density at radius 2 is 2.27 bits per heavy atom. The summed E-state index contributed by atoms with van der Waals surface area (Å²) in [5.41, 5.74) is 0. The Bertz CT molecular complexity index is 263. The summed E-state index contributed by atoms with van der Waals surface area (Å²) in [5, 5.41) is 3.07. The summed E-state index contributed by atoms with van der Waals surface area (Å²) >= 11 is 0. The summed E-state index contributed by atoms with van der Waals surface area (Å²) in [4.78, 5) is 14.0. The second-order valence-corrected chi connectivity index (χ2v) is 5.00. The Morgan fingerprint density at radius 3 is 2.87 bits per heavy atom. The summed E-state index contributed by atoms with van der Waals surface area (Å²) in [6, 6.07) is 0.909. The lowest BCUT2D eigenvalue weighted by molar-refractivity contribution is 0.168. The van der Waals surface area contributed by atoms with Crippen molar-refractivity contribution in [2.24, 2.45) is 5.92 Å². The van der Waals surface area contributed by atoms with Gasteiger partial charge in [0.2, 0.25) is 0 Å². The van der Waals surface area contributed by atoms with Crippen molar-refractivity contribution in [3.8, 4) is 0 Å². The van der Waals surface area contributed by atoms with Crippen LogP contribution < -0.4 is 5.32 Å². The van der Waals surface area contributed by atoms with Crippen LogP contribution in [0.5, 0.6) is 0 Å². The molecule has 2 aliphatic heterocycles. The minimum absolute atomic E-state index is 0.137. The van der Waals surface area contributed by atoms with Gasteiger partial charge in [0.25, 0.3) is 0 Å². The first kappa shape index (κ1) is 9.46. The van der Waals surface area contributed by atoms with Crippen LogP contribution in [0.15, 0.2) is 0 Å². The second-order valence-electron chi connectivity index (χ2n) is 5.00. The molecule has 0 radical (unpaired) electrons. The minimum atomic E-state index is 0.137. The Balaban J connectivity index is 1.56. The van der Waals surface area contributed by atoms with Crippen LogP contribution in [0.2, 0.25) is 0 Å². The number of carbonyl (C=O) groups excluding carboxylic acids is 1. The van der Waals surface area contributed by atoms with E-state index < -0.39 is 0 Å². The molecule has 15 heavy (non-hydrogen) atoms. The Kier molecular flexibility index (Phi) is 2.31. The van der Waals surface area contributed by atoms with E-state index in [1.807, 2.05) is 4.90 Å². The Hall–Kier alpha value is -0.770. The van der Waals surface area contributed by atoms with Crippen LogP contribution in [-0.2, 0) is 4.74 Å². The molecule has 3 unspecified atom stereocenters. The molecule has 2 bridgehead atoms. The first-order chi connectivity index (χ1) is 7.33. The third kappa shape index (κ3) is 1.71. The van der Waals surface area contributed by atoms with E-state index in [4.69, 9.17) is 4.74 Å². The predicted molar refractivity (Wildman–Crippen MR) is 55.6 cm³/mol. The van der Waals surface area contributed by atoms with E-state index in [2.05, 4.69) is 5.32 Å². The minimum Gasteiger partial charge on any atom is -0.379 e. The van der Waals surface area contributed by atoms with Gasteiger partial charge >= 0.3 is 6.03 Å². The fraction of sp³-hybridized carbons (Fsp3) is 0.909. The van der Waals surface area contributed by atoms with Crippen molar-refractivity contribution >= 4 is 6.03 Å². The van der Waals surface area contributed by atoms with Crippen molar-refractivity contribution in [2.45, 2.75) is 37.8 Å². The topological polar surface area (TPSA) is 41.6 Å². The number of carbonyl (C=O) groups is 1. The van der Waals surface area contributed by atoms with Crippen LogP contribution >= 0.6 is 0 Å². The van der Waals surface area contributed by atoms with Crippen LogP contribution in [0.4, 0.5) is 4.79 Å². The molecule has 2 amide bonds. The molecule has 0 spiro atoms. The van der Waals surface area contributed by atoms with E-state index in [-0.39, 0.29) is 12.1 Å². The highest BCUT2D eigenvalue weighted by atomic mass is 16.5. The van der Waals surface area contributed by atoms with E-state index in [0.717, 1.165) is 25.5 Å². The van der Waals surface area contributed by atoms with Crippen molar-refractivity contribution in [2.75, 3.05) is 19.8 Å². The van der Waals surface area contributed by atoms with Crippen molar-refractivity contribution in [3.63, 3.8) is 0 Å². The van der Waals surface area contributed by atoms with Gasteiger partial charge in [-0.2, -0.15) is 0 Å². The molecule has 0 aromatic rings. The average molecular weight is 210 g/mol. The lowest BCUT2D eigenvalue weighted by Gasteiger charge is -2.28. The summed E-state index contributed by atoms with van der Waals surface area (Å²) in [5.74, 6) is 0.778. The normalized spacial score (nSPS) is 38.7. The first-order valence-electron chi connectivity index (χ1n) is 5.98. The maximum Gasteiger partial charge on any atom is 0.317 e. The average Bonchev–Trinajstić information content (AvgIpc) is 2.93. The van der Waals surface area contributed by atoms with Gasteiger partial charge in [0.05, 0.1) is 12.6 Å². The van der Waals surface area contributed by atoms with E-state index >= 15 is 0 Å². The predicted octanol–water partition coefficient (Wildman–Crippen LogP) is 0.969. The van der Waals surface area contributed by atoms with E-state index in [1.54, 1.807) is 0 Å². The second kappa shape index (κ2) is 3.67. The summed E-state index contributed by atoms with van der Waals surface area (Å²) in [6.07, 6.45) is 4.72. The van der Waals surface area contributed by atoms with E-state index in [0.29, 0.717) is 12.6 Å². The van der Waals surface area contributed by atoms with Gasteiger partial charge in [0.15, 0.2) is 0 Å². The van der Waals surface area contributed by atoms with Gasteiger partial charge in [-0.1, -0.05) is 0 Å². The number of likely N-dealkylation sites (tertiary alicyclic amines) is 1. The number of ether oxygens (including phenoxy) is 1. The molecule has 3 atom stereocenters. The molecule has 1 aliphatic carbocycles. The van der Waals surface area contributed by atoms with E-state index in [9.17, 15) is 4.79 Å². The number of urea groups is 1. The third-order valence-corrected chi connectivity index (χ3v) is 3.93. The largest absolute Gasteiger partial charge is 0.379 e. The van der Waals surface area contributed by atoms with Gasteiger partial charge in [-0.3, -0.25) is 0 Å². The maximum atomic E-state index is 12.0. The number of nitrogens with one attached hydrogen (secondary N) is 1.